The van der Waals surface area contributed by atoms with Crippen LogP contribution in [0.15, 0.2) is 41.6 Å². The second-order valence-electron chi connectivity index (χ2n) is 6.17. The van der Waals surface area contributed by atoms with E-state index >= 15 is 0 Å². The number of benzene rings is 2. The van der Waals surface area contributed by atoms with E-state index in [0.29, 0.717) is 16.0 Å². The molecule has 2 heterocycles. The van der Waals surface area contributed by atoms with Crippen LogP contribution >= 0.6 is 23.1 Å². The molecule has 0 unspecified atom stereocenters. The summed E-state index contributed by atoms with van der Waals surface area (Å²) >= 11 is 2.68. The SMILES string of the molecule is Cc1cc(C)c2nc(NC(=O)CSc3nnnn3-c3ccc(O)cc3)sc2c1. The molecule has 0 aliphatic heterocycles. The molecule has 0 fully saturated rings. The number of fused-ring (bicyclic) bond motifs is 1. The van der Waals surface area contributed by atoms with Crippen LogP contribution in [0.4, 0.5) is 5.13 Å². The predicted octanol–water partition coefficient (Wildman–Crippen LogP) is 3.33. The van der Waals surface area contributed by atoms with Crippen molar-refractivity contribution in [3.05, 3.63) is 47.5 Å². The zero-order valence-corrected chi connectivity index (χ0v) is 16.7. The zero-order chi connectivity index (χ0) is 19.7. The number of rotatable bonds is 5. The van der Waals surface area contributed by atoms with Gasteiger partial charge in [0.1, 0.15) is 5.75 Å². The smallest absolute Gasteiger partial charge is 0.236 e. The molecule has 0 aliphatic rings. The molecule has 0 bridgehead atoms. The fraction of sp³-hybridized carbons (Fsp3) is 0.167. The molecule has 0 atom stereocenters. The van der Waals surface area contributed by atoms with E-state index in [-0.39, 0.29) is 17.4 Å². The van der Waals surface area contributed by atoms with Crippen molar-refractivity contribution >= 4 is 44.4 Å². The fourth-order valence-corrected chi connectivity index (χ4v) is 4.48. The van der Waals surface area contributed by atoms with Crippen LogP contribution in [0.2, 0.25) is 0 Å². The number of nitrogens with zero attached hydrogens (tertiary/aromatic N) is 5. The molecular formula is C18H16N6O2S2. The van der Waals surface area contributed by atoms with E-state index in [1.807, 2.05) is 13.8 Å². The summed E-state index contributed by atoms with van der Waals surface area (Å²) in [5.74, 6) is 0.122. The molecule has 1 amide bonds. The van der Waals surface area contributed by atoms with Gasteiger partial charge < -0.3 is 10.4 Å². The number of aryl methyl sites for hydroxylation is 2. The van der Waals surface area contributed by atoms with E-state index in [1.165, 1.54) is 33.3 Å². The number of hydrogen-bond donors (Lipinski definition) is 2. The number of thiazole rings is 1. The molecule has 10 heteroatoms. The van der Waals surface area contributed by atoms with Crippen LogP contribution in [-0.2, 0) is 4.79 Å². The Morgan fingerprint density at radius 3 is 2.82 bits per heavy atom. The second-order valence-corrected chi connectivity index (χ2v) is 8.15. The number of carbonyl (C=O) groups excluding carboxylic acids is 1. The lowest BCUT2D eigenvalue weighted by molar-refractivity contribution is -0.113. The summed E-state index contributed by atoms with van der Waals surface area (Å²) in [6, 6.07) is 10.6. The first kappa shape index (κ1) is 18.4. The molecule has 2 aromatic carbocycles. The number of thioether (sulfide) groups is 1. The van der Waals surface area contributed by atoms with Gasteiger partial charge in [-0.15, -0.1) is 5.10 Å². The molecule has 0 spiro atoms. The number of phenols is 1. The minimum Gasteiger partial charge on any atom is -0.508 e. The maximum Gasteiger partial charge on any atom is 0.236 e. The van der Waals surface area contributed by atoms with Crippen LogP contribution in [0.3, 0.4) is 0 Å². The van der Waals surface area contributed by atoms with E-state index in [9.17, 15) is 9.90 Å². The Kier molecular flexibility index (Phi) is 4.97. The van der Waals surface area contributed by atoms with Crippen LogP contribution in [0.1, 0.15) is 11.1 Å². The topological polar surface area (TPSA) is 106 Å². The molecule has 142 valence electrons. The number of aromatic nitrogens is 5. The van der Waals surface area contributed by atoms with Gasteiger partial charge in [0.2, 0.25) is 11.1 Å². The summed E-state index contributed by atoms with van der Waals surface area (Å²) in [5.41, 5.74) is 3.87. The molecule has 4 aromatic rings. The van der Waals surface area contributed by atoms with E-state index < -0.39 is 0 Å². The Morgan fingerprint density at radius 1 is 1.25 bits per heavy atom. The summed E-state index contributed by atoms with van der Waals surface area (Å²) in [4.78, 5) is 16.9. The fourth-order valence-electron chi connectivity index (χ4n) is 2.73. The zero-order valence-electron chi connectivity index (χ0n) is 15.1. The monoisotopic (exact) mass is 412 g/mol. The van der Waals surface area contributed by atoms with Gasteiger partial charge in [0.15, 0.2) is 5.13 Å². The predicted molar refractivity (Wildman–Crippen MR) is 109 cm³/mol. The lowest BCUT2D eigenvalue weighted by Crippen LogP contribution is -2.14. The lowest BCUT2D eigenvalue weighted by atomic mass is 10.1. The summed E-state index contributed by atoms with van der Waals surface area (Å²) in [6.07, 6.45) is 0. The van der Waals surface area contributed by atoms with E-state index in [0.717, 1.165) is 15.8 Å². The first-order valence-electron chi connectivity index (χ1n) is 8.38. The van der Waals surface area contributed by atoms with Crippen LogP contribution in [0.25, 0.3) is 15.9 Å². The number of hydrogen-bond acceptors (Lipinski definition) is 8. The average molecular weight is 413 g/mol. The normalized spacial score (nSPS) is 11.1. The number of carbonyl (C=O) groups is 1. The highest BCUT2D eigenvalue weighted by Crippen LogP contribution is 2.29. The van der Waals surface area contributed by atoms with Crippen LogP contribution in [-0.4, -0.2) is 42.0 Å². The van der Waals surface area contributed by atoms with Crippen LogP contribution < -0.4 is 5.32 Å². The lowest BCUT2D eigenvalue weighted by Gasteiger charge is -2.04. The summed E-state index contributed by atoms with van der Waals surface area (Å²) in [6.45, 7) is 4.05. The third-order valence-electron chi connectivity index (χ3n) is 3.94. The van der Waals surface area contributed by atoms with Gasteiger partial charge in [0, 0.05) is 0 Å². The van der Waals surface area contributed by atoms with E-state index in [4.69, 9.17) is 0 Å². The standard InChI is InChI=1S/C18H16N6O2S2/c1-10-7-11(2)16-14(8-10)28-17(20-16)19-15(26)9-27-18-21-22-23-24(18)12-3-5-13(25)6-4-12/h3-8,25H,9H2,1-2H3,(H,19,20,26). The van der Waals surface area contributed by atoms with Gasteiger partial charge in [-0.3, -0.25) is 4.79 Å². The Balaban J connectivity index is 1.44. The van der Waals surface area contributed by atoms with Crippen molar-refractivity contribution in [3.63, 3.8) is 0 Å². The van der Waals surface area contributed by atoms with Gasteiger partial charge in [-0.1, -0.05) is 29.2 Å². The first-order chi connectivity index (χ1) is 13.5. The van der Waals surface area contributed by atoms with Crippen molar-refractivity contribution in [3.8, 4) is 11.4 Å². The number of aromatic hydroxyl groups is 1. The first-order valence-corrected chi connectivity index (χ1v) is 10.2. The highest BCUT2D eigenvalue weighted by Gasteiger charge is 2.14. The largest absolute Gasteiger partial charge is 0.508 e. The molecule has 0 aliphatic carbocycles. The van der Waals surface area contributed by atoms with Gasteiger partial charge in [-0.05, 0) is 65.7 Å². The molecule has 8 nitrogen and oxygen atoms in total. The number of tetrazole rings is 1. The third kappa shape index (κ3) is 3.82. The van der Waals surface area contributed by atoms with Crippen molar-refractivity contribution in [2.45, 2.75) is 19.0 Å². The van der Waals surface area contributed by atoms with Crippen molar-refractivity contribution in [1.29, 1.82) is 0 Å². The molecule has 2 aromatic heterocycles. The molecule has 2 N–H and O–H groups in total. The van der Waals surface area contributed by atoms with Gasteiger partial charge in [0.05, 0.1) is 21.7 Å². The number of nitrogens with one attached hydrogen (secondary N) is 1. The molecule has 4 rings (SSSR count). The molecular weight excluding hydrogens is 396 g/mol. The number of amides is 1. The third-order valence-corrected chi connectivity index (χ3v) is 5.78. The number of phenolic OH excluding ortho intramolecular Hbond substituents is 1. The number of anilines is 1. The van der Waals surface area contributed by atoms with Gasteiger partial charge in [-0.25, -0.2) is 4.98 Å². The van der Waals surface area contributed by atoms with Crippen LogP contribution in [0, 0.1) is 13.8 Å². The quantitative estimate of drug-likeness (QED) is 0.484. The van der Waals surface area contributed by atoms with Crippen molar-refractivity contribution in [1.82, 2.24) is 25.2 Å². The second kappa shape index (κ2) is 7.56. The maximum atomic E-state index is 12.4. The van der Waals surface area contributed by atoms with Gasteiger partial charge in [0.25, 0.3) is 0 Å². The summed E-state index contributed by atoms with van der Waals surface area (Å²) in [7, 11) is 0. The molecule has 0 radical (unpaired) electrons. The molecule has 28 heavy (non-hydrogen) atoms. The van der Waals surface area contributed by atoms with E-state index in [1.54, 1.807) is 24.3 Å². The summed E-state index contributed by atoms with van der Waals surface area (Å²) in [5, 5.41) is 24.9. The highest BCUT2D eigenvalue weighted by atomic mass is 32.2. The molecule has 0 saturated heterocycles. The Bertz CT molecular complexity index is 1150. The minimum atomic E-state index is -0.182. The van der Waals surface area contributed by atoms with Gasteiger partial charge in [-0.2, -0.15) is 4.68 Å². The Hall–Kier alpha value is -2.98. The Morgan fingerprint density at radius 2 is 2.04 bits per heavy atom. The van der Waals surface area contributed by atoms with Gasteiger partial charge >= 0.3 is 0 Å². The molecule has 0 saturated carbocycles. The van der Waals surface area contributed by atoms with E-state index in [2.05, 4.69) is 38.0 Å². The average Bonchev–Trinajstić information content (AvgIpc) is 3.27. The summed E-state index contributed by atoms with van der Waals surface area (Å²) < 4.78 is 2.57. The van der Waals surface area contributed by atoms with Crippen LogP contribution in [0.5, 0.6) is 5.75 Å². The van der Waals surface area contributed by atoms with Crippen molar-refractivity contribution in [2.75, 3.05) is 11.1 Å². The minimum absolute atomic E-state index is 0.145. The van der Waals surface area contributed by atoms with Crippen molar-refractivity contribution < 1.29 is 9.90 Å². The highest BCUT2D eigenvalue weighted by molar-refractivity contribution is 7.99. The van der Waals surface area contributed by atoms with Crippen molar-refractivity contribution in [2.24, 2.45) is 0 Å². The Labute approximate surface area is 168 Å². The maximum absolute atomic E-state index is 12.4.